The van der Waals surface area contributed by atoms with Crippen molar-refractivity contribution in [1.29, 1.82) is 0 Å². The summed E-state index contributed by atoms with van der Waals surface area (Å²) in [5, 5.41) is 3.35. The van der Waals surface area contributed by atoms with Gasteiger partial charge < -0.3 is 5.32 Å². The molecule has 0 spiro atoms. The van der Waals surface area contributed by atoms with Gasteiger partial charge in [0, 0.05) is 45.3 Å². The fourth-order valence-electron chi connectivity index (χ4n) is 3.23. The maximum Gasteiger partial charge on any atom is 0.0203 e. The molecule has 1 heterocycles. The highest BCUT2D eigenvalue weighted by atomic mass is 15.3. The first kappa shape index (κ1) is 14.0. The first-order valence-electron chi connectivity index (χ1n) is 7.63. The molecule has 1 aliphatic carbocycles. The first-order valence-corrected chi connectivity index (χ1v) is 7.63. The zero-order valence-electron chi connectivity index (χ0n) is 12.0. The van der Waals surface area contributed by atoms with Gasteiger partial charge in [-0.3, -0.25) is 9.80 Å². The standard InChI is InChI=1S/C15H29N3/c1-3-16-12-14(2)13-17-8-10-18(11-9-17)15-6-4-5-7-15/h15-16H,2-13H2,1H3. The maximum absolute atomic E-state index is 4.17. The summed E-state index contributed by atoms with van der Waals surface area (Å²) < 4.78 is 0. The highest BCUT2D eigenvalue weighted by molar-refractivity contribution is 5.00. The topological polar surface area (TPSA) is 18.5 Å². The molecule has 1 saturated carbocycles. The van der Waals surface area contributed by atoms with E-state index in [9.17, 15) is 0 Å². The van der Waals surface area contributed by atoms with Gasteiger partial charge in [-0.15, -0.1) is 0 Å². The summed E-state index contributed by atoms with van der Waals surface area (Å²) in [5.41, 5.74) is 1.33. The Labute approximate surface area is 112 Å². The molecule has 3 nitrogen and oxygen atoms in total. The Balaban J connectivity index is 1.65. The quantitative estimate of drug-likeness (QED) is 0.725. The van der Waals surface area contributed by atoms with Crippen LogP contribution < -0.4 is 5.32 Å². The number of piperazine rings is 1. The van der Waals surface area contributed by atoms with Crippen molar-refractivity contribution in [2.24, 2.45) is 0 Å². The number of hydrogen-bond acceptors (Lipinski definition) is 3. The van der Waals surface area contributed by atoms with Crippen molar-refractivity contribution in [3.05, 3.63) is 12.2 Å². The summed E-state index contributed by atoms with van der Waals surface area (Å²) in [6.45, 7) is 14.4. The van der Waals surface area contributed by atoms with E-state index in [1.54, 1.807) is 0 Å². The number of hydrogen-bond donors (Lipinski definition) is 1. The molecule has 1 aliphatic heterocycles. The van der Waals surface area contributed by atoms with E-state index < -0.39 is 0 Å². The van der Waals surface area contributed by atoms with Crippen LogP contribution in [0.5, 0.6) is 0 Å². The third kappa shape index (κ3) is 4.08. The molecule has 18 heavy (non-hydrogen) atoms. The van der Waals surface area contributed by atoms with Crippen LogP contribution in [0, 0.1) is 0 Å². The van der Waals surface area contributed by atoms with Crippen molar-refractivity contribution < 1.29 is 0 Å². The van der Waals surface area contributed by atoms with Crippen molar-refractivity contribution in [2.75, 3.05) is 45.8 Å². The summed E-state index contributed by atoms with van der Waals surface area (Å²) in [4.78, 5) is 5.28. The molecular weight excluding hydrogens is 222 g/mol. The van der Waals surface area contributed by atoms with Gasteiger partial charge in [-0.25, -0.2) is 0 Å². The van der Waals surface area contributed by atoms with E-state index in [1.807, 2.05) is 0 Å². The fourth-order valence-corrected chi connectivity index (χ4v) is 3.23. The van der Waals surface area contributed by atoms with Gasteiger partial charge in [-0.1, -0.05) is 26.3 Å². The van der Waals surface area contributed by atoms with E-state index in [1.165, 1.54) is 57.4 Å². The third-order valence-corrected chi connectivity index (χ3v) is 4.32. The molecule has 1 N–H and O–H groups in total. The summed E-state index contributed by atoms with van der Waals surface area (Å²) in [6, 6.07) is 0.900. The van der Waals surface area contributed by atoms with Gasteiger partial charge in [0.15, 0.2) is 0 Å². The average Bonchev–Trinajstić information content (AvgIpc) is 2.91. The molecule has 0 bridgehead atoms. The van der Waals surface area contributed by atoms with E-state index >= 15 is 0 Å². The lowest BCUT2D eigenvalue weighted by Gasteiger charge is -2.38. The predicted molar refractivity (Wildman–Crippen MR) is 78.0 cm³/mol. The second kappa shape index (κ2) is 7.27. The van der Waals surface area contributed by atoms with Crippen LogP contribution in [0.1, 0.15) is 32.6 Å². The largest absolute Gasteiger partial charge is 0.313 e. The molecular formula is C15H29N3. The Kier molecular flexibility index (Phi) is 5.67. The fraction of sp³-hybridized carbons (Fsp3) is 0.867. The summed E-state index contributed by atoms with van der Waals surface area (Å²) in [5.74, 6) is 0. The van der Waals surface area contributed by atoms with Crippen molar-refractivity contribution in [2.45, 2.75) is 38.6 Å². The Morgan fingerprint density at radius 3 is 2.44 bits per heavy atom. The molecule has 1 saturated heterocycles. The van der Waals surface area contributed by atoms with E-state index in [0.717, 1.165) is 25.7 Å². The van der Waals surface area contributed by atoms with Gasteiger partial charge in [0.2, 0.25) is 0 Å². The Bertz CT molecular complexity index is 250. The first-order chi connectivity index (χ1) is 8.79. The molecule has 0 aromatic heterocycles. The van der Waals surface area contributed by atoms with Crippen LogP contribution in [-0.4, -0.2) is 61.7 Å². The lowest BCUT2D eigenvalue weighted by atomic mass is 10.1. The second-order valence-electron chi connectivity index (χ2n) is 5.78. The van der Waals surface area contributed by atoms with Crippen LogP contribution in [0.3, 0.4) is 0 Å². The molecule has 2 fully saturated rings. The highest BCUT2D eigenvalue weighted by Gasteiger charge is 2.25. The molecule has 2 aliphatic rings. The number of rotatable bonds is 6. The van der Waals surface area contributed by atoms with Crippen LogP contribution in [0.4, 0.5) is 0 Å². The van der Waals surface area contributed by atoms with E-state index in [-0.39, 0.29) is 0 Å². The second-order valence-corrected chi connectivity index (χ2v) is 5.78. The smallest absolute Gasteiger partial charge is 0.0203 e. The molecule has 0 atom stereocenters. The monoisotopic (exact) mass is 251 g/mol. The average molecular weight is 251 g/mol. The lowest BCUT2D eigenvalue weighted by molar-refractivity contribution is 0.103. The van der Waals surface area contributed by atoms with Crippen LogP contribution in [0.2, 0.25) is 0 Å². The zero-order chi connectivity index (χ0) is 12.8. The van der Waals surface area contributed by atoms with Crippen molar-refractivity contribution in [3.8, 4) is 0 Å². The van der Waals surface area contributed by atoms with Gasteiger partial charge in [0.25, 0.3) is 0 Å². The van der Waals surface area contributed by atoms with Gasteiger partial charge in [-0.05, 0) is 25.0 Å². The van der Waals surface area contributed by atoms with E-state index in [2.05, 4.69) is 28.6 Å². The summed E-state index contributed by atoms with van der Waals surface area (Å²) >= 11 is 0. The molecule has 0 unspecified atom stereocenters. The van der Waals surface area contributed by atoms with Crippen molar-refractivity contribution >= 4 is 0 Å². The van der Waals surface area contributed by atoms with Crippen LogP contribution in [-0.2, 0) is 0 Å². The SMILES string of the molecule is C=C(CNCC)CN1CCN(C2CCCC2)CC1. The van der Waals surface area contributed by atoms with E-state index in [0.29, 0.717) is 0 Å². The molecule has 104 valence electrons. The van der Waals surface area contributed by atoms with Crippen LogP contribution >= 0.6 is 0 Å². The minimum Gasteiger partial charge on any atom is -0.313 e. The molecule has 0 amide bonds. The zero-order valence-corrected chi connectivity index (χ0v) is 12.0. The highest BCUT2D eigenvalue weighted by Crippen LogP contribution is 2.24. The minimum absolute atomic E-state index is 0.900. The normalized spacial score (nSPS) is 23.6. The Hall–Kier alpha value is -0.380. The molecule has 0 aromatic rings. The van der Waals surface area contributed by atoms with Gasteiger partial charge in [-0.2, -0.15) is 0 Å². The van der Waals surface area contributed by atoms with Crippen LogP contribution in [0.25, 0.3) is 0 Å². The summed E-state index contributed by atoms with van der Waals surface area (Å²) in [6.07, 6.45) is 5.77. The Morgan fingerprint density at radius 1 is 1.17 bits per heavy atom. The summed E-state index contributed by atoms with van der Waals surface area (Å²) in [7, 11) is 0. The lowest BCUT2D eigenvalue weighted by Crippen LogP contribution is -2.50. The molecule has 0 aromatic carbocycles. The minimum atomic E-state index is 0.900. The number of nitrogens with zero attached hydrogens (tertiary/aromatic N) is 2. The number of nitrogens with one attached hydrogen (secondary N) is 1. The van der Waals surface area contributed by atoms with E-state index in [4.69, 9.17) is 0 Å². The third-order valence-electron chi connectivity index (χ3n) is 4.32. The predicted octanol–water partition coefficient (Wildman–Crippen LogP) is 1.71. The Morgan fingerprint density at radius 2 is 1.83 bits per heavy atom. The van der Waals surface area contributed by atoms with Crippen molar-refractivity contribution in [1.82, 2.24) is 15.1 Å². The molecule has 3 heteroatoms. The van der Waals surface area contributed by atoms with Crippen LogP contribution in [0.15, 0.2) is 12.2 Å². The number of likely N-dealkylation sites (N-methyl/N-ethyl adjacent to an activating group) is 1. The molecule has 2 rings (SSSR count). The molecule has 0 radical (unpaired) electrons. The van der Waals surface area contributed by atoms with Gasteiger partial charge in [0.1, 0.15) is 0 Å². The maximum atomic E-state index is 4.17. The van der Waals surface area contributed by atoms with Gasteiger partial charge in [0.05, 0.1) is 0 Å². The van der Waals surface area contributed by atoms with Gasteiger partial charge >= 0.3 is 0 Å². The van der Waals surface area contributed by atoms with Crippen molar-refractivity contribution in [3.63, 3.8) is 0 Å².